The maximum atomic E-state index is 13.0. The molecule has 0 N–H and O–H groups in total. The molecule has 1 heterocycles. The number of piperazine rings is 1. The maximum absolute atomic E-state index is 13.0. The maximum Gasteiger partial charge on any atom is 0.269 e. The summed E-state index contributed by atoms with van der Waals surface area (Å²) in [5.41, 5.74) is 1.50. The van der Waals surface area contributed by atoms with E-state index in [9.17, 15) is 14.9 Å². The van der Waals surface area contributed by atoms with Crippen LogP contribution < -0.4 is 4.90 Å². The Kier molecular flexibility index (Phi) is 4.93. The van der Waals surface area contributed by atoms with Crippen molar-refractivity contribution in [3.8, 4) is 0 Å². The van der Waals surface area contributed by atoms with Crippen molar-refractivity contribution in [2.45, 2.75) is 19.3 Å². The second-order valence-corrected chi connectivity index (χ2v) is 7.04. The molecule has 0 aromatic heterocycles. The topological polar surface area (TPSA) is 66.7 Å². The van der Waals surface area contributed by atoms with Gasteiger partial charge in [0.25, 0.3) is 5.69 Å². The lowest BCUT2D eigenvalue weighted by atomic mass is 9.83. The number of carbonyl (C=O) groups excluding carboxylic acids is 1. The van der Waals surface area contributed by atoms with Crippen LogP contribution in [-0.4, -0.2) is 41.9 Å². The van der Waals surface area contributed by atoms with Crippen molar-refractivity contribution in [3.05, 3.63) is 70.3 Å². The molecule has 1 amide bonds. The zero-order valence-corrected chi connectivity index (χ0v) is 15.1. The van der Waals surface area contributed by atoms with E-state index in [0.717, 1.165) is 11.3 Å². The van der Waals surface area contributed by atoms with Gasteiger partial charge in [-0.2, -0.15) is 0 Å². The van der Waals surface area contributed by atoms with Crippen molar-refractivity contribution in [1.29, 1.82) is 0 Å². The van der Waals surface area contributed by atoms with E-state index in [1.807, 2.05) is 49.1 Å². The monoisotopic (exact) mass is 353 g/mol. The summed E-state index contributed by atoms with van der Waals surface area (Å²) in [5, 5.41) is 10.8. The van der Waals surface area contributed by atoms with Crippen molar-refractivity contribution in [2.24, 2.45) is 0 Å². The highest BCUT2D eigenvalue weighted by atomic mass is 16.6. The highest BCUT2D eigenvalue weighted by Crippen LogP contribution is 2.27. The minimum Gasteiger partial charge on any atom is -0.368 e. The second-order valence-electron chi connectivity index (χ2n) is 7.04. The number of nitrogens with zero attached hydrogens (tertiary/aromatic N) is 3. The average Bonchev–Trinajstić information content (AvgIpc) is 2.68. The Balaban J connectivity index is 1.64. The molecular weight excluding hydrogens is 330 g/mol. The first-order valence-electron chi connectivity index (χ1n) is 8.74. The molecule has 3 rings (SSSR count). The number of carbonyl (C=O) groups is 1. The van der Waals surface area contributed by atoms with E-state index in [2.05, 4.69) is 4.90 Å². The van der Waals surface area contributed by atoms with E-state index in [1.165, 1.54) is 12.1 Å². The van der Waals surface area contributed by atoms with Gasteiger partial charge in [0.05, 0.1) is 10.3 Å². The molecule has 1 saturated heterocycles. The standard InChI is InChI=1S/C20H23N3O3/c1-20(2,16-6-4-3-5-7-16)19(24)22-14-12-21(13-15-22)17-8-10-18(11-9-17)23(25)26/h3-11H,12-15H2,1-2H3. The first-order valence-corrected chi connectivity index (χ1v) is 8.74. The summed E-state index contributed by atoms with van der Waals surface area (Å²) in [5.74, 6) is 0.132. The zero-order chi connectivity index (χ0) is 18.7. The number of nitro groups is 1. The lowest BCUT2D eigenvalue weighted by molar-refractivity contribution is -0.384. The fourth-order valence-corrected chi connectivity index (χ4v) is 3.33. The van der Waals surface area contributed by atoms with Crippen molar-refractivity contribution in [3.63, 3.8) is 0 Å². The Bertz CT molecular complexity index is 780. The molecule has 0 saturated carbocycles. The molecule has 6 nitrogen and oxygen atoms in total. The Labute approximate surface area is 153 Å². The van der Waals surface area contributed by atoms with Gasteiger partial charge in [0.1, 0.15) is 0 Å². The average molecular weight is 353 g/mol. The van der Waals surface area contributed by atoms with Gasteiger partial charge in [0, 0.05) is 44.0 Å². The van der Waals surface area contributed by atoms with Gasteiger partial charge in [-0.1, -0.05) is 30.3 Å². The highest BCUT2D eigenvalue weighted by molar-refractivity contribution is 5.87. The molecule has 2 aromatic carbocycles. The third kappa shape index (κ3) is 3.54. The van der Waals surface area contributed by atoms with Crippen LogP contribution in [0.4, 0.5) is 11.4 Å². The Hall–Kier alpha value is -2.89. The first kappa shape index (κ1) is 17.9. The molecule has 0 aliphatic carbocycles. The van der Waals surface area contributed by atoms with E-state index in [1.54, 1.807) is 12.1 Å². The normalized spacial score (nSPS) is 15.0. The predicted octanol–water partition coefficient (Wildman–Crippen LogP) is 3.22. The molecule has 136 valence electrons. The number of anilines is 1. The SMILES string of the molecule is CC(C)(C(=O)N1CCN(c2ccc([N+](=O)[O-])cc2)CC1)c1ccccc1. The summed E-state index contributed by atoms with van der Waals surface area (Å²) in [4.78, 5) is 27.5. The molecule has 2 aromatic rings. The summed E-state index contributed by atoms with van der Waals surface area (Å²) in [6.07, 6.45) is 0. The number of rotatable bonds is 4. The van der Waals surface area contributed by atoms with Gasteiger partial charge in [-0.3, -0.25) is 14.9 Å². The van der Waals surface area contributed by atoms with Gasteiger partial charge in [0.15, 0.2) is 0 Å². The van der Waals surface area contributed by atoms with Crippen molar-refractivity contribution < 1.29 is 9.72 Å². The van der Waals surface area contributed by atoms with Crippen LogP contribution in [0.25, 0.3) is 0 Å². The molecule has 6 heteroatoms. The van der Waals surface area contributed by atoms with Gasteiger partial charge in [-0.15, -0.1) is 0 Å². The Morgan fingerprint density at radius 1 is 0.962 bits per heavy atom. The number of nitro benzene ring substituents is 1. The minimum absolute atomic E-state index is 0.0900. The van der Waals surface area contributed by atoms with E-state index in [0.29, 0.717) is 26.2 Å². The lowest BCUT2D eigenvalue weighted by Crippen LogP contribution is -2.53. The van der Waals surface area contributed by atoms with Crippen LogP contribution >= 0.6 is 0 Å². The molecule has 1 aliphatic heterocycles. The summed E-state index contributed by atoms with van der Waals surface area (Å²) in [7, 11) is 0. The van der Waals surface area contributed by atoms with Crippen LogP contribution in [0.3, 0.4) is 0 Å². The number of non-ortho nitro benzene ring substituents is 1. The molecule has 0 radical (unpaired) electrons. The van der Waals surface area contributed by atoms with Gasteiger partial charge < -0.3 is 9.80 Å². The second kappa shape index (κ2) is 7.15. The predicted molar refractivity (Wildman–Crippen MR) is 101 cm³/mol. The molecule has 1 aliphatic rings. The van der Waals surface area contributed by atoms with Gasteiger partial charge >= 0.3 is 0 Å². The van der Waals surface area contributed by atoms with Crippen LogP contribution in [0.15, 0.2) is 54.6 Å². The number of hydrogen-bond acceptors (Lipinski definition) is 4. The largest absolute Gasteiger partial charge is 0.368 e. The third-order valence-electron chi connectivity index (χ3n) is 5.02. The molecule has 0 bridgehead atoms. The number of amides is 1. The molecule has 0 unspecified atom stereocenters. The van der Waals surface area contributed by atoms with Crippen LogP contribution in [0.2, 0.25) is 0 Å². The van der Waals surface area contributed by atoms with Crippen LogP contribution in [0.5, 0.6) is 0 Å². The molecule has 26 heavy (non-hydrogen) atoms. The fraction of sp³-hybridized carbons (Fsp3) is 0.350. The lowest BCUT2D eigenvalue weighted by Gasteiger charge is -2.39. The van der Waals surface area contributed by atoms with Crippen LogP contribution in [0.1, 0.15) is 19.4 Å². The smallest absolute Gasteiger partial charge is 0.269 e. The summed E-state index contributed by atoms with van der Waals surface area (Å²) in [6.45, 7) is 6.65. The van der Waals surface area contributed by atoms with Gasteiger partial charge in [-0.05, 0) is 31.5 Å². The van der Waals surface area contributed by atoms with E-state index < -0.39 is 10.3 Å². The van der Waals surface area contributed by atoms with Crippen LogP contribution in [0, 0.1) is 10.1 Å². The van der Waals surface area contributed by atoms with E-state index >= 15 is 0 Å². The zero-order valence-electron chi connectivity index (χ0n) is 15.1. The Morgan fingerprint density at radius 3 is 2.08 bits per heavy atom. The van der Waals surface area contributed by atoms with E-state index in [4.69, 9.17) is 0 Å². The van der Waals surface area contributed by atoms with Crippen molar-refractivity contribution in [2.75, 3.05) is 31.1 Å². The quantitative estimate of drug-likeness (QED) is 0.625. The minimum atomic E-state index is -0.559. The van der Waals surface area contributed by atoms with Gasteiger partial charge in [0.2, 0.25) is 5.91 Å². The summed E-state index contributed by atoms with van der Waals surface area (Å²) in [6, 6.07) is 16.4. The van der Waals surface area contributed by atoms with Crippen molar-refractivity contribution >= 4 is 17.3 Å². The highest BCUT2D eigenvalue weighted by Gasteiger charge is 2.35. The molecule has 1 fully saturated rings. The first-order chi connectivity index (χ1) is 12.4. The Morgan fingerprint density at radius 2 is 1.54 bits per heavy atom. The van der Waals surface area contributed by atoms with E-state index in [-0.39, 0.29) is 11.6 Å². The summed E-state index contributed by atoms with van der Waals surface area (Å²) < 4.78 is 0. The van der Waals surface area contributed by atoms with Gasteiger partial charge in [-0.25, -0.2) is 0 Å². The molecular formula is C20H23N3O3. The number of benzene rings is 2. The molecule has 0 atom stereocenters. The van der Waals surface area contributed by atoms with Crippen LogP contribution in [-0.2, 0) is 10.2 Å². The molecule has 0 spiro atoms. The fourth-order valence-electron chi connectivity index (χ4n) is 3.33. The van der Waals surface area contributed by atoms with Crippen molar-refractivity contribution in [1.82, 2.24) is 4.90 Å². The third-order valence-corrected chi connectivity index (χ3v) is 5.02. The summed E-state index contributed by atoms with van der Waals surface area (Å²) >= 11 is 0. The number of hydrogen-bond donors (Lipinski definition) is 0.